The van der Waals surface area contributed by atoms with E-state index in [9.17, 15) is 4.79 Å². The molecule has 0 saturated carbocycles. The van der Waals surface area contributed by atoms with Gasteiger partial charge < -0.3 is 14.7 Å². The minimum absolute atomic E-state index is 0.0404. The van der Waals surface area contributed by atoms with Crippen LogP contribution in [0, 0.1) is 12.8 Å². The first-order valence-corrected chi connectivity index (χ1v) is 9.68. The van der Waals surface area contributed by atoms with Gasteiger partial charge in [-0.2, -0.15) is 4.98 Å². The van der Waals surface area contributed by atoms with Gasteiger partial charge in [-0.1, -0.05) is 35.5 Å². The van der Waals surface area contributed by atoms with Gasteiger partial charge >= 0.3 is 6.03 Å². The lowest BCUT2D eigenvalue weighted by molar-refractivity contribution is 0.182. The molecule has 0 bridgehead atoms. The summed E-state index contributed by atoms with van der Waals surface area (Å²) >= 11 is 0. The molecule has 1 fully saturated rings. The lowest BCUT2D eigenvalue weighted by Crippen LogP contribution is -2.41. The average molecular weight is 376 g/mol. The molecule has 0 unspecified atom stereocenters. The number of rotatable bonds is 4. The highest BCUT2D eigenvalue weighted by molar-refractivity contribution is 5.89. The Balaban J connectivity index is 1.28. The van der Waals surface area contributed by atoms with Crippen molar-refractivity contribution in [3.63, 3.8) is 0 Å². The monoisotopic (exact) mass is 376 g/mol. The maximum absolute atomic E-state index is 12.6. The molecule has 1 saturated heterocycles. The lowest BCUT2D eigenvalue weighted by atomic mass is 9.90. The maximum Gasteiger partial charge on any atom is 0.321 e. The van der Waals surface area contributed by atoms with Gasteiger partial charge in [-0.25, -0.2) is 4.79 Å². The third-order valence-corrected chi connectivity index (χ3v) is 5.19. The second-order valence-corrected chi connectivity index (χ2v) is 7.26. The lowest BCUT2D eigenvalue weighted by Gasteiger charge is -2.32. The van der Waals surface area contributed by atoms with Crippen LogP contribution in [0.2, 0.25) is 0 Å². The number of aryl methyl sites for hydroxylation is 1. The molecular formula is C22H24N4O2. The number of nitrogens with zero attached hydrogens (tertiary/aromatic N) is 3. The first kappa shape index (κ1) is 18.2. The molecule has 144 valence electrons. The summed E-state index contributed by atoms with van der Waals surface area (Å²) in [4.78, 5) is 18.7. The number of anilines is 1. The SMILES string of the molecule is Cc1nc(-c2ccc(NC(=O)N3CCC(Cc4ccccc4)CC3)cc2)no1. The van der Waals surface area contributed by atoms with Crippen LogP contribution in [0.25, 0.3) is 11.4 Å². The van der Waals surface area contributed by atoms with Crippen LogP contribution in [0.1, 0.15) is 24.3 Å². The number of hydrogen-bond donors (Lipinski definition) is 1. The summed E-state index contributed by atoms with van der Waals surface area (Å²) in [6, 6.07) is 18.0. The Hall–Kier alpha value is -3.15. The predicted molar refractivity (Wildman–Crippen MR) is 108 cm³/mol. The predicted octanol–water partition coefficient (Wildman–Crippen LogP) is 4.53. The van der Waals surface area contributed by atoms with E-state index in [1.165, 1.54) is 5.56 Å². The molecular weight excluding hydrogens is 352 g/mol. The molecule has 6 nitrogen and oxygen atoms in total. The quantitative estimate of drug-likeness (QED) is 0.726. The number of carbonyl (C=O) groups excluding carboxylic acids is 1. The van der Waals surface area contributed by atoms with Gasteiger partial charge in [-0.05, 0) is 55.0 Å². The number of amides is 2. The summed E-state index contributed by atoms with van der Waals surface area (Å²) in [6.07, 6.45) is 3.17. The molecule has 3 aromatic rings. The van der Waals surface area contributed by atoms with Gasteiger partial charge in [-0.15, -0.1) is 0 Å². The van der Waals surface area contributed by atoms with Crippen LogP contribution in [-0.2, 0) is 6.42 Å². The molecule has 0 atom stereocenters. The third-order valence-electron chi connectivity index (χ3n) is 5.19. The molecule has 0 spiro atoms. The Labute approximate surface area is 164 Å². The van der Waals surface area contributed by atoms with Crippen LogP contribution in [0.3, 0.4) is 0 Å². The smallest absolute Gasteiger partial charge is 0.321 e. The topological polar surface area (TPSA) is 71.3 Å². The second-order valence-electron chi connectivity index (χ2n) is 7.26. The Bertz CT molecular complexity index is 913. The maximum atomic E-state index is 12.6. The van der Waals surface area contributed by atoms with E-state index in [4.69, 9.17) is 4.52 Å². The molecule has 2 heterocycles. The van der Waals surface area contributed by atoms with E-state index in [2.05, 4.69) is 39.7 Å². The zero-order valence-corrected chi connectivity index (χ0v) is 16.0. The van der Waals surface area contributed by atoms with Gasteiger partial charge in [0.25, 0.3) is 0 Å². The molecule has 1 aliphatic rings. The molecule has 2 amide bonds. The molecule has 1 aliphatic heterocycles. The number of piperidine rings is 1. The van der Waals surface area contributed by atoms with Crippen LogP contribution in [-0.4, -0.2) is 34.2 Å². The van der Waals surface area contributed by atoms with Gasteiger partial charge in [0.1, 0.15) is 0 Å². The molecule has 6 heteroatoms. The summed E-state index contributed by atoms with van der Waals surface area (Å²) in [6.45, 7) is 3.35. The van der Waals surface area contributed by atoms with Crippen LogP contribution < -0.4 is 5.32 Å². The van der Waals surface area contributed by atoms with E-state index >= 15 is 0 Å². The van der Waals surface area contributed by atoms with Gasteiger partial charge in [0.15, 0.2) is 0 Å². The zero-order chi connectivity index (χ0) is 19.3. The highest BCUT2D eigenvalue weighted by atomic mass is 16.5. The average Bonchev–Trinajstić information content (AvgIpc) is 3.16. The van der Waals surface area contributed by atoms with Gasteiger partial charge in [0.2, 0.25) is 11.7 Å². The highest BCUT2D eigenvalue weighted by Crippen LogP contribution is 2.23. The van der Waals surface area contributed by atoms with Crippen molar-refractivity contribution in [3.8, 4) is 11.4 Å². The summed E-state index contributed by atoms with van der Waals surface area (Å²) in [5, 5.41) is 6.89. The van der Waals surface area contributed by atoms with Gasteiger partial charge in [0.05, 0.1) is 0 Å². The van der Waals surface area contributed by atoms with E-state index < -0.39 is 0 Å². The number of urea groups is 1. The summed E-state index contributed by atoms with van der Waals surface area (Å²) in [7, 11) is 0. The Morgan fingerprint density at radius 3 is 2.46 bits per heavy atom. The Morgan fingerprint density at radius 1 is 1.11 bits per heavy atom. The molecule has 4 rings (SSSR count). The van der Waals surface area contributed by atoms with Crippen molar-refractivity contribution in [2.24, 2.45) is 5.92 Å². The van der Waals surface area contributed by atoms with E-state index in [0.717, 1.165) is 43.6 Å². The highest BCUT2D eigenvalue weighted by Gasteiger charge is 2.23. The molecule has 0 radical (unpaired) electrons. The van der Waals surface area contributed by atoms with Gasteiger partial charge in [0, 0.05) is 31.3 Å². The fraction of sp³-hybridized carbons (Fsp3) is 0.318. The van der Waals surface area contributed by atoms with Crippen LogP contribution in [0.5, 0.6) is 0 Å². The minimum atomic E-state index is -0.0404. The number of aromatic nitrogens is 2. The van der Waals surface area contributed by atoms with Crippen molar-refractivity contribution < 1.29 is 9.32 Å². The largest absolute Gasteiger partial charge is 0.339 e. The fourth-order valence-electron chi connectivity index (χ4n) is 3.61. The van der Waals surface area contributed by atoms with Crippen molar-refractivity contribution in [2.75, 3.05) is 18.4 Å². The summed E-state index contributed by atoms with van der Waals surface area (Å²) in [5.74, 6) is 1.73. The number of hydrogen-bond acceptors (Lipinski definition) is 4. The molecule has 2 aromatic carbocycles. The molecule has 1 N–H and O–H groups in total. The van der Waals surface area contributed by atoms with Crippen molar-refractivity contribution in [1.82, 2.24) is 15.0 Å². The summed E-state index contributed by atoms with van der Waals surface area (Å²) in [5.41, 5.74) is 3.00. The van der Waals surface area contributed by atoms with Crippen molar-refractivity contribution in [2.45, 2.75) is 26.2 Å². The van der Waals surface area contributed by atoms with E-state index in [1.807, 2.05) is 35.2 Å². The number of benzene rings is 2. The normalized spacial score (nSPS) is 14.8. The van der Waals surface area contributed by atoms with E-state index in [-0.39, 0.29) is 6.03 Å². The van der Waals surface area contributed by atoms with E-state index in [1.54, 1.807) is 6.92 Å². The number of nitrogens with one attached hydrogen (secondary N) is 1. The van der Waals surface area contributed by atoms with E-state index in [0.29, 0.717) is 17.6 Å². The third kappa shape index (κ3) is 4.39. The number of likely N-dealkylation sites (tertiary alicyclic amines) is 1. The molecule has 1 aromatic heterocycles. The van der Waals surface area contributed by atoms with Crippen molar-refractivity contribution in [3.05, 3.63) is 66.1 Å². The standard InChI is InChI=1S/C22H24N4O2/c1-16-23-21(25-28-16)19-7-9-20(10-8-19)24-22(27)26-13-11-18(12-14-26)15-17-5-3-2-4-6-17/h2-10,18H,11-15H2,1H3,(H,24,27). The second kappa shape index (κ2) is 8.25. The Morgan fingerprint density at radius 2 is 1.82 bits per heavy atom. The zero-order valence-electron chi connectivity index (χ0n) is 16.0. The van der Waals surface area contributed by atoms with Crippen molar-refractivity contribution in [1.29, 1.82) is 0 Å². The fourth-order valence-corrected chi connectivity index (χ4v) is 3.61. The summed E-state index contributed by atoms with van der Waals surface area (Å²) < 4.78 is 5.00. The first-order chi connectivity index (χ1) is 13.7. The Kier molecular flexibility index (Phi) is 5.37. The van der Waals surface area contributed by atoms with Crippen LogP contribution in [0.4, 0.5) is 10.5 Å². The molecule has 0 aliphatic carbocycles. The number of carbonyl (C=O) groups is 1. The molecule has 28 heavy (non-hydrogen) atoms. The van der Waals surface area contributed by atoms with Crippen molar-refractivity contribution >= 4 is 11.7 Å². The first-order valence-electron chi connectivity index (χ1n) is 9.68. The van der Waals surface area contributed by atoms with Gasteiger partial charge in [-0.3, -0.25) is 0 Å². The minimum Gasteiger partial charge on any atom is -0.339 e. The van der Waals surface area contributed by atoms with Crippen LogP contribution >= 0.6 is 0 Å². The van der Waals surface area contributed by atoms with Crippen LogP contribution in [0.15, 0.2) is 59.1 Å².